The van der Waals surface area contributed by atoms with E-state index in [4.69, 9.17) is 5.26 Å². The zero-order valence-electron chi connectivity index (χ0n) is 9.07. The van der Waals surface area contributed by atoms with Gasteiger partial charge in [0.25, 0.3) is 0 Å². The van der Waals surface area contributed by atoms with Crippen molar-refractivity contribution < 1.29 is 0 Å². The fourth-order valence-corrected chi connectivity index (χ4v) is 2.57. The topological polar surface area (TPSA) is 35.8 Å². The van der Waals surface area contributed by atoms with Crippen molar-refractivity contribution in [3.8, 4) is 6.07 Å². The van der Waals surface area contributed by atoms with E-state index >= 15 is 0 Å². The second-order valence-corrected chi connectivity index (χ2v) is 4.60. The highest BCUT2D eigenvalue weighted by molar-refractivity contribution is 7.17. The van der Waals surface area contributed by atoms with Crippen molar-refractivity contribution in [2.24, 2.45) is 0 Å². The van der Waals surface area contributed by atoms with Crippen LogP contribution in [0.3, 0.4) is 0 Å². The molecule has 0 aliphatic heterocycles. The van der Waals surface area contributed by atoms with Crippen molar-refractivity contribution in [1.29, 1.82) is 5.26 Å². The molecule has 2 aromatic rings. The molecule has 3 heteroatoms. The molecule has 0 aliphatic rings. The number of hydrogen-bond donors (Lipinski definition) is 1. The first kappa shape index (κ1) is 11.0. The third-order valence-electron chi connectivity index (χ3n) is 2.51. The van der Waals surface area contributed by atoms with E-state index < -0.39 is 0 Å². The third-order valence-corrected chi connectivity index (χ3v) is 3.47. The molecule has 0 saturated heterocycles. The Morgan fingerprint density at radius 1 is 1.25 bits per heavy atom. The molecule has 1 aromatic heterocycles. The summed E-state index contributed by atoms with van der Waals surface area (Å²) in [5.74, 6) is 0. The van der Waals surface area contributed by atoms with Crippen molar-refractivity contribution in [2.45, 2.75) is 19.3 Å². The summed E-state index contributed by atoms with van der Waals surface area (Å²) in [4.78, 5) is 0. The van der Waals surface area contributed by atoms with E-state index in [1.165, 1.54) is 15.8 Å². The third kappa shape index (κ3) is 2.53. The monoisotopic (exact) mass is 230 g/mol. The number of nitrogens with zero attached hydrogens (tertiary/aromatic N) is 1. The number of nitrogens with one attached hydrogen (secondary N) is 1. The maximum absolute atomic E-state index is 8.43. The van der Waals surface area contributed by atoms with E-state index in [0.29, 0.717) is 6.42 Å². The van der Waals surface area contributed by atoms with Crippen LogP contribution in [-0.2, 0) is 0 Å². The number of nitriles is 1. The van der Waals surface area contributed by atoms with Crippen LogP contribution in [-0.4, -0.2) is 6.54 Å². The van der Waals surface area contributed by atoms with E-state index in [1.54, 1.807) is 11.3 Å². The predicted molar refractivity (Wildman–Crippen MR) is 69.8 cm³/mol. The minimum atomic E-state index is 0.658. The van der Waals surface area contributed by atoms with Crippen LogP contribution in [0.4, 0.5) is 5.69 Å². The van der Waals surface area contributed by atoms with Crippen LogP contribution in [0.25, 0.3) is 10.1 Å². The molecule has 0 bridgehead atoms. The molecule has 1 N–H and O–H groups in total. The summed E-state index contributed by atoms with van der Waals surface area (Å²) in [7, 11) is 0. The van der Waals surface area contributed by atoms with Gasteiger partial charge in [-0.05, 0) is 35.7 Å². The summed E-state index contributed by atoms with van der Waals surface area (Å²) < 4.78 is 1.32. The Morgan fingerprint density at radius 2 is 2.19 bits per heavy atom. The van der Waals surface area contributed by atoms with E-state index in [-0.39, 0.29) is 0 Å². The normalized spacial score (nSPS) is 10.2. The van der Waals surface area contributed by atoms with Gasteiger partial charge in [-0.15, -0.1) is 11.3 Å². The van der Waals surface area contributed by atoms with Gasteiger partial charge < -0.3 is 5.32 Å². The Labute approximate surface area is 99.5 Å². The minimum absolute atomic E-state index is 0.658. The number of anilines is 1. The Balaban J connectivity index is 1.94. The molecule has 1 heterocycles. The molecular weight excluding hydrogens is 216 g/mol. The fourth-order valence-electron chi connectivity index (χ4n) is 1.68. The molecule has 0 amide bonds. The van der Waals surface area contributed by atoms with Gasteiger partial charge in [-0.2, -0.15) is 5.26 Å². The number of rotatable bonds is 5. The number of hydrogen-bond acceptors (Lipinski definition) is 3. The molecule has 0 aliphatic carbocycles. The molecule has 0 saturated carbocycles. The minimum Gasteiger partial charge on any atom is -0.384 e. The summed E-state index contributed by atoms with van der Waals surface area (Å²) >= 11 is 1.77. The first-order valence-corrected chi connectivity index (χ1v) is 6.37. The Hall–Kier alpha value is -1.53. The van der Waals surface area contributed by atoms with E-state index in [2.05, 4.69) is 41.0 Å². The van der Waals surface area contributed by atoms with Crippen molar-refractivity contribution in [3.63, 3.8) is 0 Å². The molecule has 1 aromatic carbocycles. The fraction of sp³-hybridized carbons (Fsp3) is 0.308. The summed E-state index contributed by atoms with van der Waals surface area (Å²) in [5, 5.41) is 15.3. The molecule has 2 rings (SSSR count). The van der Waals surface area contributed by atoms with Gasteiger partial charge in [0.1, 0.15) is 0 Å². The Bertz CT molecular complexity index is 496. The molecule has 0 radical (unpaired) electrons. The van der Waals surface area contributed by atoms with Crippen molar-refractivity contribution in [2.75, 3.05) is 11.9 Å². The highest BCUT2D eigenvalue weighted by atomic mass is 32.1. The van der Waals surface area contributed by atoms with Crippen LogP contribution in [0.5, 0.6) is 0 Å². The van der Waals surface area contributed by atoms with Gasteiger partial charge in [-0.1, -0.05) is 12.1 Å². The molecule has 0 unspecified atom stereocenters. The molecular formula is C13H14N2S. The smallest absolute Gasteiger partial charge is 0.0621 e. The standard InChI is InChI=1S/C13H14N2S/c14-8-2-1-3-9-15-12-6-4-5-11-7-10-16-13(11)12/h4-7,10,15H,1-3,9H2. The zero-order valence-corrected chi connectivity index (χ0v) is 9.89. The largest absolute Gasteiger partial charge is 0.384 e. The van der Waals surface area contributed by atoms with E-state index in [0.717, 1.165) is 19.4 Å². The lowest BCUT2D eigenvalue weighted by Crippen LogP contribution is -2.00. The molecule has 16 heavy (non-hydrogen) atoms. The van der Waals surface area contributed by atoms with E-state index in [9.17, 15) is 0 Å². The highest BCUT2D eigenvalue weighted by Crippen LogP contribution is 2.28. The summed E-state index contributed by atoms with van der Waals surface area (Å²) in [5.41, 5.74) is 1.21. The second-order valence-electron chi connectivity index (χ2n) is 3.69. The maximum Gasteiger partial charge on any atom is 0.0621 e. The first-order chi connectivity index (χ1) is 7.92. The average molecular weight is 230 g/mol. The Morgan fingerprint density at radius 3 is 3.06 bits per heavy atom. The van der Waals surface area contributed by atoms with E-state index in [1.807, 2.05) is 0 Å². The predicted octanol–water partition coefficient (Wildman–Crippen LogP) is 4.01. The summed E-state index contributed by atoms with van der Waals surface area (Å²) in [6, 6.07) is 10.6. The molecule has 2 nitrogen and oxygen atoms in total. The van der Waals surface area contributed by atoms with Gasteiger partial charge in [-0.25, -0.2) is 0 Å². The van der Waals surface area contributed by atoms with Crippen LogP contribution in [0.1, 0.15) is 19.3 Å². The lowest BCUT2D eigenvalue weighted by atomic mass is 10.2. The van der Waals surface area contributed by atoms with Crippen molar-refractivity contribution >= 4 is 27.1 Å². The molecule has 82 valence electrons. The van der Waals surface area contributed by atoms with Crippen LogP contribution in [0.15, 0.2) is 29.6 Å². The van der Waals surface area contributed by atoms with Gasteiger partial charge in [0.05, 0.1) is 16.5 Å². The number of unbranched alkanes of at least 4 members (excludes halogenated alkanes) is 2. The molecule has 0 atom stereocenters. The van der Waals surface area contributed by atoms with Crippen molar-refractivity contribution in [3.05, 3.63) is 29.6 Å². The van der Waals surface area contributed by atoms with Gasteiger partial charge in [0.2, 0.25) is 0 Å². The van der Waals surface area contributed by atoms with Gasteiger partial charge in [0.15, 0.2) is 0 Å². The first-order valence-electron chi connectivity index (χ1n) is 5.49. The number of thiophene rings is 1. The maximum atomic E-state index is 8.43. The zero-order chi connectivity index (χ0) is 11.2. The molecule has 0 spiro atoms. The number of benzene rings is 1. The Kier molecular flexibility index (Phi) is 3.79. The van der Waals surface area contributed by atoms with Gasteiger partial charge >= 0.3 is 0 Å². The SMILES string of the molecule is N#CCCCCNc1cccc2ccsc12. The average Bonchev–Trinajstić information content (AvgIpc) is 2.77. The molecule has 0 fully saturated rings. The lowest BCUT2D eigenvalue weighted by Gasteiger charge is -2.06. The highest BCUT2D eigenvalue weighted by Gasteiger charge is 2.00. The number of fused-ring (bicyclic) bond motifs is 1. The van der Waals surface area contributed by atoms with Crippen LogP contribution >= 0.6 is 11.3 Å². The van der Waals surface area contributed by atoms with Gasteiger partial charge in [-0.3, -0.25) is 0 Å². The summed E-state index contributed by atoms with van der Waals surface area (Å²) in [6.45, 7) is 0.943. The second kappa shape index (κ2) is 5.53. The van der Waals surface area contributed by atoms with Crippen LogP contribution in [0, 0.1) is 11.3 Å². The lowest BCUT2D eigenvalue weighted by molar-refractivity contribution is 0.785. The van der Waals surface area contributed by atoms with Gasteiger partial charge in [0, 0.05) is 13.0 Å². The van der Waals surface area contributed by atoms with Crippen LogP contribution < -0.4 is 5.32 Å². The summed E-state index contributed by atoms with van der Waals surface area (Å²) in [6.07, 6.45) is 2.68. The quantitative estimate of drug-likeness (QED) is 0.788. The van der Waals surface area contributed by atoms with Crippen molar-refractivity contribution in [1.82, 2.24) is 0 Å². The van der Waals surface area contributed by atoms with Crippen LogP contribution in [0.2, 0.25) is 0 Å².